The van der Waals surface area contributed by atoms with Crippen LogP contribution in [0.4, 0.5) is 0 Å². The molecule has 146 valence electrons. The van der Waals surface area contributed by atoms with Crippen LogP contribution in [0.2, 0.25) is 0 Å². The summed E-state index contributed by atoms with van der Waals surface area (Å²) in [6.45, 7) is 4.47. The minimum Gasteiger partial charge on any atom is -0.342 e. The molecule has 26 heavy (non-hydrogen) atoms. The number of rotatable bonds is 5. The van der Waals surface area contributed by atoms with Crippen molar-refractivity contribution in [2.75, 3.05) is 19.6 Å². The molecule has 1 saturated carbocycles. The Labute approximate surface area is 168 Å². The minimum atomic E-state index is -3.43. The molecule has 2 heterocycles. The standard InChI is InChI=1S/C18H27BrN2O3S2/c1-13-3-2-10-21(12-13)18(22)15-6-4-14(5-7-15)11-20-26(23,24)17-9-8-16(19)25-17/h8-9,13-15,20H,2-7,10-12H2,1H3. The number of sulfonamides is 1. The van der Waals surface area contributed by atoms with Gasteiger partial charge in [0, 0.05) is 25.6 Å². The van der Waals surface area contributed by atoms with Gasteiger partial charge in [0.1, 0.15) is 4.21 Å². The molecule has 1 unspecified atom stereocenters. The lowest BCUT2D eigenvalue weighted by atomic mass is 9.81. The van der Waals surface area contributed by atoms with Crippen molar-refractivity contribution in [3.05, 3.63) is 15.9 Å². The largest absolute Gasteiger partial charge is 0.342 e. The smallest absolute Gasteiger partial charge is 0.250 e. The van der Waals surface area contributed by atoms with Crippen molar-refractivity contribution in [1.29, 1.82) is 0 Å². The molecule has 1 aliphatic heterocycles. The maximum atomic E-state index is 12.7. The lowest BCUT2D eigenvalue weighted by molar-refractivity contribution is -0.138. The Hall–Kier alpha value is -0.440. The number of hydrogen-bond donors (Lipinski definition) is 1. The highest BCUT2D eigenvalue weighted by Crippen LogP contribution is 2.32. The summed E-state index contributed by atoms with van der Waals surface area (Å²) in [5, 5.41) is 0. The van der Waals surface area contributed by atoms with E-state index in [1.54, 1.807) is 12.1 Å². The molecular weight excluding hydrogens is 436 g/mol. The van der Waals surface area contributed by atoms with Crippen molar-refractivity contribution >= 4 is 43.2 Å². The molecule has 8 heteroatoms. The molecule has 1 aromatic heterocycles. The molecule has 0 aromatic carbocycles. The highest BCUT2D eigenvalue weighted by Gasteiger charge is 2.31. The summed E-state index contributed by atoms with van der Waals surface area (Å²) in [7, 11) is -3.43. The maximum Gasteiger partial charge on any atom is 0.250 e. The molecule has 0 radical (unpaired) electrons. The van der Waals surface area contributed by atoms with Crippen LogP contribution in [-0.4, -0.2) is 38.9 Å². The fourth-order valence-corrected chi connectivity index (χ4v) is 7.17. The summed E-state index contributed by atoms with van der Waals surface area (Å²) in [4.78, 5) is 14.8. The van der Waals surface area contributed by atoms with Crippen LogP contribution >= 0.6 is 27.3 Å². The Balaban J connectivity index is 1.46. The average Bonchev–Trinajstić information content (AvgIpc) is 3.07. The van der Waals surface area contributed by atoms with Gasteiger partial charge >= 0.3 is 0 Å². The van der Waals surface area contributed by atoms with Crippen molar-refractivity contribution in [2.45, 2.75) is 49.7 Å². The molecule has 0 bridgehead atoms. The molecule has 3 rings (SSSR count). The number of hydrogen-bond acceptors (Lipinski definition) is 4. The third-order valence-electron chi connectivity index (χ3n) is 5.54. The lowest BCUT2D eigenvalue weighted by Crippen LogP contribution is -2.43. The molecule has 1 amide bonds. The van der Waals surface area contributed by atoms with E-state index >= 15 is 0 Å². The fraction of sp³-hybridized carbons (Fsp3) is 0.722. The zero-order valence-corrected chi connectivity index (χ0v) is 18.3. The van der Waals surface area contributed by atoms with Crippen LogP contribution in [0.1, 0.15) is 45.4 Å². The Bertz CT molecular complexity index is 727. The second-order valence-corrected chi connectivity index (χ2v) is 12.1. The highest BCUT2D eigenvalue weighted by molar-refractivity contribution is 9.11. The number of nitrogens with one attached hydrogen (secondary N) is 1. The van der Waals surface area contributed by atoms with E-state index in [0.29, 0.717) is 28.5 Å². The zero-order chi connectivity index (χ0) is 18.7. The number of amides is 1. The van der Waals surface area contributed by atoms with Gasteiger partial charge < -0.3 is 4.90 Å². The van der Waals surface area contributed by atoms with E-state index in [4.69, 9.17) is 0 Å². The second-order valence-electron chi connectivity index (χ2n) is 7.66. The third-order valence-corrected chi connectivity index (χ3v) is 9.08. The van der Waals surface area contributed by atoms with Crippen LogP contribution in [0.25, 0.3) is 0 Å². The molecule has 2 fully saturated rings. The highest BCUT2D eigenvalue weighted by atomic mass is 79.9. The molecule has 2 aliphatic rings. The summed E-state index contributed by atoms with van der Waals surface area (Å²) in [5.41, 5.74) is 0. The zero-order valence-electron chi connectivity index (χ0n) is 15.1. The summed E-state index contributed by atoms with van der Waals surface area (Å²) >= 11 is 4.52. The van der Waals surface area contributed by atoms with E-state index in [1.807, 2.05) is 0 Å². The van der Waals surface area contributed by atoms with Gasteiger partial charge in [0.2, 0.25) is 15.9 Å². The van der Waals surface area contributed by atoms with E-state index in [2.05, 4.69) is 32.5 Å². The van der Waals surface area contributed by atoms with Crippen molar-refractivity contribution < 1.29 is 13.2 Å². The van der Waals surface area contributed by atoms with Crippen LogP contribution in [-0.2, 0) is 14.8 Å². The number of piperidine rings is 1. The average molecular weight is 463 g/mol. The fourth-order valence-electron chi connectivity index (χ4n) is 4.00. The van der Waals surface area contributed by atoms with Crippen molar-refractivity contribution in [2.24, 2.45) is 17.8 Å². The van der Waals surface area contributed by atoms with E-state index in [9.17, 15) is 13.2 Å². The lowest BCUT2D eigenvalue weighted by Gasteiger charge is -2.36. The van der Waals surface area contributed by atoms with Crippen molar-refractivity contribution in [1.82, 2.24) is 9.62 Å². The van der Waals surface area contributed by atoms with Crippen molar-refractivity contribution in [3.8, 4) is 0 Å². The first-order chi connectivity index (χ1) is 12.3. The maximum absolute atomic E-state index is 12.7. The van der Waals surface area contributed by atoms with Crippen LogP contribution in [0.5, 0.6) is 0 Å². The van der Waals surface area contributed by atoms with E-state index < -0.39 is 10.0 Å². The summed E-state index contributed by atoms with van der Waals surface area (Å²) < 4.78 is 28.5. The predicted octanol–water partition coefficient (Wildman–Crippen LogP) is 3.85. The Morgan fingerprint density at radius 3 is 2.62 bits per heavy atom. The predicted molar refractivity (Wildman–Crippen MR) is 108 cm³/mol. The molecule has 1 aliphatic carbocycles. The van der Waals surface area contributed by atoms with E-state index in [0.717, 1.165) is 49.0 Å². The van der Waals surface area contributed by atoms with Crippen LogP contribution in [0.3, 0.4) is 0 Å². The van der Waals surface area contributed by atoms with Gasteiger partial charge in [-0.1, -0.05) is 6.92 Å². The van der Waals surface area contributed by atoms with Crippen LogP contribution in [0, 0.1) is 17.8 Å². The molecule has 1 N–H and O–H groups in total. The van der Waals surface area contributed by atoms with Gasteiger partial charge in [-0.2, -0.15) is 0 Å². The van der Waals surface area contributed by atoms with Crippen molar-refractivity contribution in [3.63, 3.8) is 0 Å². The van der Waals surface area contributed by atoms with E-state index in [1.165, 1.54) is 17.8 Å². The van der Waals surface area contributed by atoms with Gasteiger partial charge in [-0.25, -0.2) is 13.1 Å². The first-order valence-corrected chi connectivity index (χ1v) is 12.5. The van der Waals surface area contributed by atoms with Gasteiger partial charge in [0.15, 0.2) is 0 Å². The first-order valence-electron chi connectivity index (χ1n) is 9.39. The van der Waals surface area contributed by atoms with Gasteiger partial charge in [-0.05, 0) is 78.4 Å². The number of carbonyl (C=O) groups excluding carboxylic acids is 1. The summed E-state index contributed by atoms with van der Waals surface area (Å²) in [6, 6.07) is 3.36. The quantitative estimate of drug-likeness (QED) is 0.722. The monoisotopic (exact) mass is 462 g/mol. The summed E-state index contributed by atoms with van der Waals surface area (Å²) in [6.07, 6.45) is 5.91. The normalized spacial score (nSPS) is 27.5. The molecular formula is C18H27BrN2O3S2. The third kappa shape index (κ3) is 5.09. The Morgan fingerprint density at radius 2 is 2.00 bits per heavy atom. The SMILES string of the molecule is CC1CCCN(C(=O)C2CCC(CNS(=O)(=O)c3ccc(Br)s3)CC2)C1. The van der Waals surface area contributed by atoms with E-state index in [-0.39, 0.29) is 5.92 Å². The number of halogens is 1. The first kappa shape index (κ1) is 20.3. The molecule has 1 aromatic rings. The van der Waals surface area contributed by atoms with Gasteiger partial charge in [-0.15, -0.1) is 11.3 Å². The number of nitrogens with zero attached hydrogens (tertiary/aromatic N) is 1. The summed E-state index contributed by atoms with van der Waals surface area (Å²) in [5.74, 6) is 1.37. The van der Waals surface area contributed by atoms with Gasteiger partial charge in [0.05, 0.1) is 3.79 Å². The number of thiophene rings is 1. The Morgan fingerprint density at radius 1 is 1.27 bits per heavy atom. The number of carbonyl (C=O) groups is 1. The molecule has 1 saturated heterocycles. The second kappa shape index (κ2) is 8.71. The minimum absolute atomic E-state index is 0.126. The molecule has 5 nitrogen and oxygen atoms in total. The topological polar surface area (TPSA) is 66.5 Å². The van der Waals surface area contributed by atoms with Gasteiger partial charge in [0.25, 0.3) is 0 Å². The van der Waals surface area contributed by atoms with Crippen LogP contribution in [0.15, 0.2) is 20.1 Å². The van der Waals surface area contributed by atoms with Gasteiger partial charge in [-0.3, -0.25) is 4.79 Å². The molecule has 0 spiro atoms. The molecule has 1 atom stereocenters. The van der Waals surface area contributed by atoms with Crippen LogP contribution < -0.4 is 4.72 Å². The number of likely N-dealkylation sites (tertiary alicyclic amines) is 1. The Kier molecular flexibility index (Phi) is 6.80.